The summed E-state index contributed by atoms with van der Waals surface area (Å²) in [4.78, 5) is 35.1. The molecule has 0 aliphatic rings. The SMILES string of the molecule is CC/C=C\C/C=C\C/C=C\C/C=C\CCCCCCC(=O)OC(COC(=O)CCCCCCCCCCC/C=C\C/C=C\CCCCC)COP(=O)(O)OCC(O)CO. The normalized spacial score (nSPS) is 14.5. The molecule has 0 rings (SSSR count). The molecule has 0 saturated heterocycles. The van der Waals surface area contributed by atoms with Crippen molar-refractivity contribution in [2.45, 2.75) is 193 Å². The van der Waals surface area contributed by atoms with Crippen LogP contribution in [0.4, 0.5) is 0 Å². The molecule has 0 fully saturated rings. The van der Waals surface area contributed by atoms with Gasteiger partial charge < -0.3 is 24.6 Å². The van der Waals surface area contributed by atoms with Crippen molar-refractivity contribution in [3.8, 4) is 0 Å². The van der Waals surface area contributed by atoms with E-state index in [9.17, 15) is 24.2 Å². The molecule has 340 valence electrons. The zero-order valence-electron chi connectivity index (χ0n) is 36.9. The van der Waals surface area contributed by atoms with Crippen molar-refractivity contribution in [2.75, 3.05) is 26.4 Å². The van der Waals surface area contributed by atoms with Gasteiger partial charge in [0.25, 0.3) is 0 Å². The summed E-state index contributed by atoms with van der Waals surface area (Å²) in [7, 11) is -4.63. The molecule has 59 heavy (non-hydrogen) atoms. The van der Waals surface area contributed by atoms with Crippen molar-refractivity contribution in [1.82, 2.24) is 0 Å². The number of rotatable bonds is 42. The van der Waals surface area contributed by atoms with Gasteiger partial charge in [-0.25, -0.2) is 4.57 Å². The van der Waals surface area contributed by atoms with Crippen molar-refractivity contribution in [3.05, 3.63) is 72.9 Å². The fraction of sp³-hybridized carbons (Fsp3) is 0.708. The third-order valence-electron chi connectivity index (χ3n) is 9.34. The predicted octanol–water partition coefficient (Wildman–Crippen LogP) is 12.4. The summed E-state index contributed by atoms with van der Waals surface area (Å²) >= 11 is 0. The molecule has 0 saturated carbocycles. The molecule has 0 amide bonds. The number of phosphoric ester groups is 1. The Morgan fingerprint density at radius 2 is 0.932 bits per heavy atom. The average molecular weight is 851 g/mol. The van der Waals surface area contributed by atoms with E-state index in [4.69, 9.17) is 23.6 Å². The lowest BCUT2D eigenvalue weighted by Crippen LogP contribution is -2.29. The molecule has 10 nitrogen and oxygen atoms in total. The second-order valence-electron chi connectivity index (χ2n) is 15.0. The number of unbranched alkanes of at least 4 members (excludes halogenated alkanes) is 16. The van der Waals surface area contributed by atoms with Crippen LogP contribution >= 0.6 is 7.82 Å². The van der Waals surface area contributed by atoms with Crippen LogP contribution in [0.15, 0.2) is 72.9 Å². The Hall–Kier alpha value is -2.59. The molecule has 11 heteroatoms. The molecule has 0 aliphatic heterocycles. The van der Waals surface area contributed by atoms with Crippen LogP contribution in [0.3, 0.4) is 0 Å². The van der Waals surface area contributed by atoms with Crippen molar-refractivity contribution < 1.29 is 47.8 Å². The standard InChI is InChI=1S/C48H83O10P/c1-3-5-7-9-11-13-15-17-19-21-22-24-25-27-29-31-33-35-37-39-47(51)55-43-46(44-57-59(53,54)56-42-45(50)41-49)58-48(52)40-38-36-34-32-30-28-26-23-20-18-16-14-12-10-8-6-4-2/h6,8,11-14,17-20,26,28,45-46,49-50H,3-5,7,9-10,15-16,21-25,27,29-44H2,1-2H3,(H,53,54)/b8-6-,13-11-,14-12-,19-17-,20-18-,28-26-. The summed E-state index contributed by atoms with van der Waals surface area (Å²) in [6, 6.07) is 0. The largest absolute Gasteiger partial charge is 0.472 e. The summed E-state index contributed by atoms with van der Waals surface area (Å²) in [6.45, 7) is 2.21. The summed E-state index contributed by atoms with van der Waals surface area (Å²) in [5.74, 6) is -0.961. The number of esters is 2. The first-order valence-electron chi connectivity index (χ1n) is 22.9. The van der Waals surface area contributed by atoms with E-state index in [0.717, 1.165) is 83.5 Å². The lowest BCUT2D eigenvalue weighted by Gasteiger charge is -2.20. The summed E-state index contributed by atoms with van der Waals surface area (Å²) < 4.78 is 32.7. The van der Waals surface area contributed by atoms with Gasteiger partial charge in [-0.3, -0.25) is 18.6 Å². The first-order chi connectivity index (χ1) is 28.7. The van der Waals surface area contributed by atoms with E-state index >= 15 is 0 Å². The highest BCUT2D eigenvalue weighted by atomic mass is 31.2. The number of phosphoric acid groups is 1. The number of aliphatic hydroxyl groups is 2. The van der Waals surface area contributed by atoms with Crippen LogP contribution in [-0.2, 0) is 32.7 Å². The van der Waals surface area contributed by atoms with E-state index in [1.807, 2.05) is 0 Å². The number of ether oxygens (including phenoxy) is 2. The maximum atomic E-state index is 12.6. The van der Waals surface area contributed by atoms with E-state index in [-0.39, 0.29) is 19.4 Å². The molecule has 3 atom stereocenters. The molecular formula is C48H83O10P. The minimum atomic E-state index is -4.63. The van der Waals surface area contributed by atoms with Gasteiger partial charge in [-0.1, -0.05) is 157 Å². The maximum Gasteiger partial charge on any atom is 0.472 e. The van der Waals surface area contributed by atoms with Gasteiger partial charge in [-0.2, -0.15) is 0 Å². The van der Waals surface area contributed by atoms with Gasteiger partial charge in [0.05, 0.1) is 19.8 Å². The third-order valence-corrected chi connectivity index (χ3v) is 10.3. The highest BCUT2D eigenvalue weighted by Crippen LogP contribution is 2.43. The van der Waals surface area contributed by atoms with E-state index < -0.39 is 51.8 Å². The molecule has 3 unspecified atom stereocenters. The molecule has 0 aromatic rings. The van der Waals surface area contributed by atoms with Crippen LogP contribution in [0.1, 0.15) is 181 Å². The second-order valence-corrected chi connectivity index (χ2v) is 16.5. The molecule has 0 spiro atoms. The Morgan fingerprint density at radius 1 is 0.525 bits per heavy atom. The van der Waals surface area contributed by atoms with Crippen molar-refractivity contribution in [3.63, 3.8) is 0 Å². The highest BCUT2D eigenvalue weighted by molar-refractivity contribution is 7.47. The Balaban J connectivity index is 4.31. The Morgan fingerprint density at radius 3 is 1.41 bits per heavy atom. The molecule has 0 aromatic carbocycles. The van der Waals surface area contributed by atoms with Gasteiger partial charge in [0, 0.05) is 12.8 Å². The van der Waals surface area contributed by atoms with Gasteiger partial charge in [-0.05, 0) is 83.5 Å². The zero-order chi connectivity index (χ0) is 43.3. The number of carbonyl (C=O) groups is 2. The number of hydrogen-bond acceptors (Lipinski definition) is 9. The van der Waals surface area contributed by atoms with Crippen molar-refractivity contribution >= 4 is 19.8 Å². The van der Waals surface area contributed by atoms with Crippen LogP contribution in [0.5, 0.6) is 0 Å². The molecule has 0 bridgehead atoms. The van der Waals surface area contributed by atoms with Crippen molar-refractivity contribution in [1.29, 1.82) is 0 Å². The number of aliphatic hydroxyl groups excluding tert-OH is 2. The molecule has 0 radical (unpaired) electrons. The van der Waals surface area contributed by atoms with Crippen LogP contribution in [0, 0.1) is 0 Å². The minimum absolute atomic E-state index is 0.152. The van der Waals surface area contributed by atoms with Gasteiger partial charge in [-0.15, -0.1) is 0 Å². The smallest absolute Gasteiger partial charge is 0.462 e. The summed E-state index contributed by atoms with van der Waals surface area (Å²) in [5.41, 5.74) is 0. The van der Waals surface area contributed by atoms with Crippen molar-refractivity contribution in [2.24, 2.45) is 0 Å². The highest BCUT2D eigenvalue weighted by Gasteiger charge is 2.27. The molecule has 0 aromatic heterocycles. The third kappa shape index (κ3) is 43.3. The molecule has 3 N–H and O–H groups in total. The Kier molecular flexibility index (Phi) is 41.6. The Labute approximate surface area is 358 Å². The minimum Gasteiger partial charge on any atom is -0.462 e. The fourth-order valence-corrected chi connectivity index (χ4v) is 6.63. The first kappa shape index (κ1) is 56.4. The summed E-state index contributed by atoms with van der Waals surface area (Å²) in [6.07, 6.45) is 50.0. The van der Waals surface area contributed by atoms with Crippen LogP contribution < -0.4 is 0 Å². The van der Waals surface area contributed by atoms with E-state index in [1.165, 1.54) is 57.8 Å². The van der Waals surface area contributed by atoms with E-state index in [2.05, 4.69) is 86.8 Å². The van der Waals surface area contributed by atoms with Crippen LogP contribution in [0.25, 0.3) is 0 Å². The average Bonchev–Trinajstić information content (AvgIpc) is 3.22. The second kappa shape index (κ2) is 43.5. The number of allylic oxidation sites excluding steroid dienone is 12. The number of hydrogen-bond donors (Lipinski definition) is 3. The van der Waals surface area contributed by atoms with Gasteiger partial charge in [0.15, 0.2) is 6.10 Å². The van der Waals surface area contributed by atoms with Gasteiger partial charge in [0.1, 0.15) is 12.7 Å². The van der Waals surface area contributed by atoms with Gasteiger partial charge >= 0.3 is 19.8 Å². The van der Waals surface area contributed by atoms with E-state index in [1.54, 1.807) is 0 Å². The molecular weight excluding hydrogens is 767 g/mol. The Bertz CT molecular complexity index is 1210. The first-order valence-corrected chi connectivity index (χ1v) is 24.4. The molecule has 0 heterocycles. The van der Waals surface area contributed by atoms with Crippen LogP contribution in [0.2, 0.25) is 0 Å². The molecule has 0 aliphatic carbocycles. The monoisotopic (exact) mass is 851 g/mol. The summed E-state index contributed by atoms with van der Waals surface area (Å²) in [5, 5.41) is 18.4. The lowest BCUT2D eigenvalue weighted by atomic mass is 10.1. The topological polar surface area (TPSA) is 149 Å². The lowest BCUT2D eigenvalue weighted by molar-refractivity contribution is -0.161. The predicted molar refractivity (Wildman–Crippen MR) is 242 cm³/mol. The fourth-order valence-electron chi connectivity index (χ4n) is 5.84. The maximum absolute atomic E-state index is 12.6. The zero-order valence-corrected chi connectivity index (χ0v) is 37.8. The van der Waals surface area contributed by atoms with Crippen LogP contribution in [-0.4, -0.2) is 65.7 Å². The van der Waals surface area contributed by atoms with E-state index in [0.29, 0.717) is 12.8 Å². The quantitative estimate of drug-likeness (QED) is 0.0234. The number of carbonyl (C=O) groups excluding carboxylic acids is 2. The van der Waals surface area contributed by atoms with Gasteiger partial charge in [0.2, 0.25) is 0 Å².